The number of hydrogen-bond acceptors (Lipinski definition) is 2. The minimum atomic E-state index is -0.0735. The molecule has 3 rings (SSSR count). The number of fused-ring (bicyclic) bond motifs is 1. The van der Waals surface area contributed by atoms with Gasteiger partial charge < -0.3 is 10.3 Å². The van der Waals surface area contributed by atoms with Crippen LogP contribution in [0.3, 0.4) is 0 Å². The van der Waals surface area contributed by atoms with Gasteiger partial charge in [-0.3, -0.25) is 4.79 Å². The topological polar surface area (TPSA) is 57.8 Å². The van der Waals surface area contributed by atoms with E-state index in [4.69, 9.17) is 0 Å². The quantitative estimate of drug-likeness (QED) is 0.768. The average Bonchev–Trinajstić information content (AvgIpc) is 3.00. The Morgan fingerprint density at radius 3 is 2.81 bits per heavy atom. The summed E-state index contributed by atoms with van der Waals surface area (Å²) in [7, 11) is 0. The third kappa shape index (κ3) is 2.79. The van der Waals surface area contributed by atoms with E-state index in [0.717, 1.165) is 23.0 Å². The van der Waals surface area contributed by atoms with Crippen LogP contribution in [0, 0.1) is 0 Å². The summed E-state index contributed by atoms with van der Waals surface area (Å²) in [5.74, 6) is -0.0735. The molecule has 1 amide bonds. The third-order valence-corrected chi connectivity index (χ3v) is 3.60. The van der Waals surface area contributed by atoms with E-state index in [1.165, 1.54) is 0 Å². The standard InChI is InChI=1S/C17H17N3O/c1-2-14(12-6-4-3-5-7-12)20-17(21)13-8-9-15-16(10-13)19-11-18-15/h3-11,14H,2H2,1H3,(H,18,19)(H,20,21). The zero-order valence-corrected chi connectivity index (χ0v) is 11.8. The van der Waals surface area contributed by atoms with Crippen molar-refractivity contribution in [3.05, 3.63) is 66.0 Å². The first-order chi connectivity index (χ1) is 10.3. The second-order valence-corrected chi connectivity index (χ2v) is 4.98. The Morgan fingerprint density at radius 1 is 1.24 bits per heavy atom. The van der Waals surface area contributed by atoms with Gasteiger partial charge in [0.15, 0.2) is 0 Å². The molecule has 2 aromatic carbocycles. The molecule has 0 fully saturated rings. The molecule has 3 aromatic rings. The Bertz CT molecular complexity index is 749. The van der Waals surface area contributed by atoms with E-state index in [0.29, 0.717) is 5.56 Å². The molecule has 1 heterocycles. The molecule has 0 radical (unpaired) electrons. The highest BCUT2D eigenvalue weighted by Gasteiger charge is 2.14. The van der Waals surface area contributed by atoms with Crippen molar-refractivity contribution in [3.8, 4) is 0 Å². The number of benzene rings is 2. The Morgan fingerprint density at radius 2 is 2.05 bits per heavy atom. The number of aromatic amines is 1. The number of rotatable bonds is 4. The van der Waals surface area contributed by atoms with Crippen molar-refractivity contribution in [3.63, 3.8) is 0 Å². The third-order valence-electron chi connectivity index (χ3n) is 3.60. The summed E-state index contributed by atoms with van der Waals surface area (Å²) in [6.07, 6.45) is 2.48. The van der Waals surface area contributed by atoms with Crippen molar-refractivity contribution in [2.75, 3.05) is 0 Å². The molecule has 0 aliphatic rings. The maximum Gasteiger partial charge on any atom is 0.251 e. The van der Waals surface area contributed by atoms with Gasteiger partial charge in [-0.15, -0.1) is 0 Å². The Kier molecular flexibility index (Phi) is 3.69. The van der Waals surface area contributed by atoms with Crippen LogP contribution in [0.15, 0.2) is 54.9 Å². The van der Waals surface area contributed by atoms with Gasteiger partial charge in [0.1, 0.15) is 0 Å². The fraction of sp³-hybridized carbons (Fsp3) is 0.176. The Hall–Kier alpha value is -2.62. The van der Waals surface area contributed by atoms with Crippen LogP contribution in [-0.4, -0.2) is 15.9 Å². The van der Waals surface area contributed by atoms with Crippen LogP contribution in [0.2, 0.25) is 0 Å². The molecule has 0 saturated heterocycles. The fourth-order valence-electron chi connectivity index (χ4n) is 2.42. The summed E-state index contributed by atoms with van der Waals surface area (Å²) in [4.78, 5) is 19.6. The van der Waals surface area contributed by atoms with E-state index in [9.17, 15) is 4.79 Å². The predicted molar refractivity (Wildman–Crippen MR) is 83.0 cm³/mol. The number of hydrogen-bond donors (Lipinski definition) is 2. The van der Waals surface area contributed by atoms with Crippen LogP contribution in [0.25, 0.3) is 11.0 Å². The minimum absolute atomic E-state index is 0.0218. The number of imidazole rings is 1. The number of carbonyl (C=O) groups is 1. The summed E-state index contributed by atoms with van der Waals surface area (Å²) < 4.78 is 0. The number of amides is 1. The van der Waals surface area contributed by atoms with Gasteiger partial charge in [0.25, 0.3) is 5.91 Å². The van der Waals surface area contributed by atoms with Crippen molar-refractivity contribution < 1.29 is 4.79 Å². The zero-order chi connectivity index (χ0) is 14.7. The van der Waals surface area contributed by atoms with Crippen molar-refractivity contribution >= 4 is 16.9 Å². The smallest absolute Gasteiger partial charge is 0.251 e. The highest BCUT2D eigenvalue weighted by molar-refractivity contribution is 5.97. The number of H-pyrrole nitrogens is 1. The normalized spacial score (nSPS) is 12.2. The summed E-state index contributed by atoms with van der Waals surface area (Å²) in [6.45, 7) is 2.06. The molecular weight excluding hydrogens is 262 g/mol. The summed E-state index contributed by atoms with van der Waals surface area (Å²) >= 11 is 0. The van der Waals surface area contributed by atoms with E-state index in [1.807, 2.05) is 42.5 Å². The highest BCUT2D eigenvalue weighted by Crippen LogP contribution is 2.18. The minimum Gasteiger partial charge on any atom is -0.345 e. The van der Waals surface area contributed by atoms with E-state index in [-0.39, 0.29) is 11.9 Å². The van der Waals surface area contributed by atoms with E-state index in [1.54, 1.807) is 12.4 Å². The lowest BCUT2D eigenvalue weighted by molar-refractivity contribution is 0.0935. The average molecular weight is 279 g/mol. The number of carbonyl (C=O) groups excluding carboxylic acids is 1. The molecule has 1 unspecified atom stereocenters. The largest absolute Gasteiger partial charge is 0.345 e. The molecule has 0 aliphatic carbocycles. The maximum atomic E-state index is 12.4. The van der Waals surface area contributed by atoms with Gasteiger partial charge in [-0.25, -0.2) is 4.98 Å². The lowest BCUT2D eigenvalue weighted by Crippen LogP contribution is -2.28. The lowest BCUT2D eigenvalue weighted by Gasteiger charge is -2.17. The molecule has 0 aliphatic heterocycles. The van der Waals surface area contributed by atoms with Crippen molar-refractivity contribution in [1.29, 1.82) is 0 Å². The summed E-state index contributed by atoms with van der Waals surface area (Å²) in [5, 5.41) is 3.08. The van der Waals surface area contributed by atoms with Crippen molar-refractivity contribution in [1.82, 2.24) is 15.3 Å². The molecule has 0 bridgehead atoms. The van der Waals surface area contributed by atoms with Crippen LogP contribution in [0.5, 0.6) is 0 Å². The Labute approximate surface area is 123 Å². The van der Waals surface area contributed by atoms with Gasteiger partial charge in [0.2, 0.25) is 0 Å². The predicted octanol–water partition coefficient (Wildman–Crippen LogP) is 3.44. The Balaban J connectivity index is 1.81. The number of aromatic nitrogens is 2. The monoisotopic (exact) mass is 279 g/mol. The van der Waals surface area contributed by atoms with Gasteiger partial charge in [-0.2, -0.15) is 0 Å². The fourth-order valence-corrected chi connectivity index (χ4v) is 2.42. The molecule has 0 saturated carbocycles. The maximum absolute atomic E-state index is 12.4. The second kappa shape index (κ2) is 5.79. The van der Waals surface area contributed by atoms with Crippen molar-refractivity contribution in [2.45, 2.75) is 19.4 Å². The van der Waals surface area contributed by atoms with Gasteiger partial charge in [0.05, 0.1) is 23.4 Å². The van der Waals surface area contributed by atoms with Crippen LogP contribution in [0.1, 0.15) is 35.3 Å². The molecule has 4 nitrogen and oxygen atoms in total. The summed E-state index contributed by atoms with van der Waals surface area (Å²) in [5.41, 5.74) is 3.48. The van der Waals surface area contributed by atoms with Crippen LogP contribution in [-0.2, 0) is 0 Å². The van der Waals surface area contributed by atoms with Crippen LogP contribution < -0.4 is 5.32 Å². The summed E-state index contributed by atoms with van der Waals surface area (Å²) in [6, 6.07) is 15.5. The van der Waals surface area contributed by atoms with Crippen LogP contribution >= 0.6 is 0 Å². The number of nitrogens with one attached hydrogen (secondary N) is 2. The first kappa shape index (κ1) is 13.4. The molecule has 0 spiro atoms. The lowest BCUT2D eigenvalue weighted by atomic mass is 10.0. The van der Waals surface area contributed by atoms with Gasteiger partial charge >= 0.3 is 0 Å². The van der Waals surface area contributed by atoms with E-state index < -0.39 is 0 Å². The molecule has 106 valence electrons. The second-order valence-electron chi connectivity index (χ2n) is 4.98. The molecular formula is C17H17N3O. The zero-order valence-electron chi connectivity index (χ0n) is 11.8. The number of nitrogens with zero attached hydrogens (tertiary/aromatic N) is 1. The first-order valence-electron chi connectivity index (χ1n) is 7.07. The van der Waals surface area contributed by atoms with Gasteiger partial charge in [0, 0.05) is 5.56 Å². The van der Waals surface area contributed by atoms with E-state index in [2.05, 4.69) is 22.2 Å². The molecule has 1 aromatic heterocycles. The van der Waals surface area contributed by atoms with Gasteiger partial charge in [-0.1, -0.05) is 37.3 Å². The molecule has 21 heavy (non-hydrogen) atoms. The SMILES string of the molecule is CCC(NC(=O)c1ccc2[nH]cnc2c1)c1ccccc1. The molecule has 1 atom stereocenters. The van der Waals surface area contributed by atoms with Crippen LogP contribution in [0.4, 0.5) is 0 Å². The first-order valence-corrected chi connectivity index (χ1v) is 7.07. The van der Waals surface area contributed by atoms with E-state index >= 15 is 0 Å². The molecule has 4 heteroatoms. The van der Waals surface area contributed by atoms with Crippen molar-refractivity contribution in [2.24, 2.45) is 0 Å². The highest BCUT2D eigenvalue weighted by atomic mass is 16.1. The van der Waals surface area contributed by atoms with Gasteiger partial charge in [-0.05, 0) is 30.2 Å². The molecule has 2 N–H and O–H groups in total.